The van der Waals surface area contributed by atoms with E-state index >= 15 is 0 Å². The summed E-state index contributed by atoms with van der Waals surface area (Å²) in [5.74, 6) is 0.771. The highest BCUT2D eigenvalue weighted by Crippen LogP contribution is 2.19. The summed E-state index contributed by atoms with van der Waals surface area (Å²) in [4.78, 5) is 0. The molecule has 1 unspecified atom stereocenters. The van der Waals surface area contributed by atoms with Gasteiger partial charge in [0.2, 0.25) is 0 Å². The molecule has 0 aliphatic carbocycles. The largest absolute Gasteiger partial charge is 0.393 e. The summed E-state index contributed by atoms with van der Waals surface area (Å²) in [6.07, 6.45) is 5.56. The lowest BCUT2D eigenvalue weighted by molar-refractivity contribution is 0.123. The number of nitrogens with one attached hydrogen (secondary N) is 1. The van der Waals surface area contributed by atoms with Crippen molar-refractivity contribution >= 4 is 0 Å². The number of rotatable bonds is 4. The van der Waals surface area contributed by atoms with Crippen LogP contribution in [0.2, 0.25) is 0 Å². The molecular weight excluding hydrogens is 150 g/mol. The van der Waals surface area contributed by atoms with E-state index in [0.29, 0.717) is 0 Å². The van der Waals surface area contributed by atoms with Crippen LogP contribution in [-0.2, 0) is 0 Å². The van der Waals surface area contributed by atoms with Crippen LogP contribution in [0, 0.1) is 5.92 Å². The lowest BCUT2D eigenvalue weighted by atomic mass is 9.91. The third-order valence-corrected chi connectivity index (χ3v) is 2.69. The van der Waals surface area contributed by atoms with Gasteiger partial charge in [0, 0.05) is 0 Å². The molecule has 2 heteroatoms. The first-order chi connectivity index (χ1) is 5.83. The molecule has 1 aliphatic rings. The van der Waals surface area contributed by atoms with Gasteiger partial charge in [-0.05, 0) is 44.7 Å². The third kappa shape index (κ3) is 3.55. The Morgan fingerprint density at radius 2 is 2.08 bits per heavy atom. The van der Waals surface area contributed by atoms with Crippen molar-refractivity contribution in [2.45, 2.75) is 45.1 Å². The van der Waals surface area contributed by atoms with E-state index in [-0.39, 0.29) is 6.10 Å². The van der Waals surface area contributed by atoms with Gasteiger partial charge in [-0.15, -0.1) is 0 Å². The zero-order chi connectivity index (χ0) is 8.81. The quantitative estimate of drug-likeness (QED) is 0.672. The van der Waals surface area contributed by atoms with Gasteiger partial charge < -0.3 is 10.4 Å². The number of piperidine rings is 1. The monoisotopic (exact) mass is 171 g/mol. The topological polar surface area (TPSA) is 32.3 Å². The Morgan fingerprint density at radius 1 is 1.42 bits per heavy atom. The average molecular weight is 171 g/mol. The van der Waals surface area contributed by atoms with Crippen molar-refractivity contribution in [1.82, 2.24) is 5.32 Å². The van der Waals surface area contributed by atoms with Gasteiger partial charge in [0.05, 0.1) is 6.10 Å². The molecule has 0 spiro atoms. The fraction of sp³-hybridized carbons (Fsp3) is 1.00. The van der Waals surface area contributed by atoms with E-state index in [1.165, 1.54) is 12.8 Å². The molecule has 0 amide bonds. The molecule has 0 aromatic carbocycles. The van der Waals surface area contributed by atoms with Crippen LogP contribution in [0.1, 0.15) is 39.0 Å². The number of hydrogen-bond donors (Lipinski definition) is 2. The molecule has 12 heavy (non-hydrogen) atoms. The Hall–Kier alpha value is -0.0800. The fourth-order valence-corrected chi connectivity index (χ4v) is 1.95. The van der Waals surface area contributed by atoms with Crippen molar-refractivity contribution in [3.63, 3.8) is 0 Å². The van der Waals surface area contributed by atoms with E-state index in [0.717, 1.165) is 38.3 Å². The third-order valence-electron chi connectivity index (χ3n) is 2.69. The standard InChI is InChI=1S/C10H21NO/c1-2-3-10(12)8-9-4-6-11-7-5-9/h9-12H,2-8H2,1H3. The van der Waals surface area contributed by atoms with Crippen LogP contribution in [0.15, 0.2) is 0 Å². The first-order valence-corrected chi connectivity index (χ1v) is 5.21. The highest BCUT2D eigenvalue weighted by Gasteiger charge is 2.16. The zero-order valence-corrected chi connectivity index (χ0v) is 8.05. The second-order valence-electron chi connectivity index (χ2n) is 3.87. The molecule has 0 aromatic rings. The molecule has 1 heterocycles. The van der Waals surface area contributed by atoms with E-state index in [9.17, 15) is 5.11 Å². The van der Waals surface area contributed by atoms with Crippen LogP contribution in [0.25, 0.3) is 0 Å². The van der Waals surface area contributed by atoms with Crippen molar-refractivity contribution in [3.05, 3.63) is 0 Å². The summed E-state index contributed by atoms with van der Waals surface area (Å²) < 4.78 is 0. The van der Waals surface area contributed by atoms with Gasteiger partial charge in [-0.1, -0.05) is 13.3 Å². The van der Waals surface area contributed by atoms with Gasteiger partial charge in [-0.2, -0.15) is 0 Å². The van der Waals surface area contributed by atoms with Crippen molar-refractivity contribution in [2.24, 2.45) is 5.92 Å². The predicted molar refractivity (Wildman–Crippen MR) is 51.1 cm³/mol. The van der Waals surface area contributed by atoms with E-state index in [2.05, 4.69) is 12.2 Å². The van der Waals surface area contributed by atoms with Crippen molar-refractivity contribution < 1.29 is 5.11 Å². The molecular formula is C10H21NO. The van der Waals surface area contributed by atoms with Crippen LogP contribution in [0.4, 0.5) is 0 Å². The van der Waals surface area contributed by atoms with Crippen molar-refractivity contribution in [2.75, 3.05) is 13.1 Å². The lowest BCUT2D eigenvalue weighted by Gasteiger charge is -2.24. The fourth-order valence-electron chi connectivity index (χ4n) is 1.95. The van der Waals surface area contributed by atoms with Crippen LogP contribution in [-0.4, -0.2) is 24.3 Å². The summed E-state index contributed by atoms with van der Waals surface area (Å²) in [5.41, 5.74) is 0. The minimum absolute atomic E-state index is 0.0434. The molecule has 2 N–H and O–H groups in total. The van der Waals surface area contributed by atoms with Gasteiger partial charge >= 0.3 is 0 Å². The Balaban J connectivity index is 2.11. The van der Waals surface area contributed by atoms with Gasteiger partial charge in [0.25, 0.3) is 0 Å². The lowest BCUT2D eigenvalue weighted by Crippen LogP contribution is -2.29. The summed E-state index contributed by atoms with van der Waals surface area (Å²) in [6.45, 7) is 4.42. The van der Waals surface area contributed by atoms with Crippen molar-refractivity contribution in [3.8, 4) is 0 Å². The Bertz CT molecular complexity index is 110. The molecule has 0 radical (unpaired) electrons. The van der Waals surface area contributed by atoms with Gasteiger partial charge in [0.15, 0.2) is 0 Å². The highest BCUT2D eigenvalue weighted by atomic mass is 16.3. The molecule has 0 aromatic heterocycles. The minimum Gasteiger partial charge on any atom is -0.393 e. The highest BCUT2D eigenvalue weighted by molar-refractivity contribution is 4.71. The number of aliphatic hydroxyl groups is 1. The summed E-state index contributed by atoms with van der Waals surface area (Å²) in [6, 6.07) is 0. The summed E-state index contributed by atoms with van der Waals surface area (Å²) >= 11 is 0. The van der Waals surface area contributed by atoms with E-state index in [1.54, 1.807) is 0 Å². The summed E-state index contributed by atoms with van der Waals surface area (Å²) in [5, 5.41) is 12.9. The first kappa shape index (κ1) is 10.0. The normalized spacial score (nSPS) is 22.5. The maximum absolute atomic E-state index is 9.58. The zero-order valence-electron chi connectivity index (χ0n) is 8.05. The maximum atomic E-state index is 9.58. The van der Waals surface area contributed by atoms with Crippen molar-refractivity contribution in [1.29, 1.82) is 0 Å². The SMILES string of the molecule is CCCC(O)CC1CCNCC1. The Kier molecular flexibility index (Phi) is 4.62. The van der Waals surface area contributed by atoms with Crippen LogP contribution < -0.4 is 5.32 Å². The number of aliphatic hydroxyl groups excluding tert-OH is 1. The summed E-state index contributed by atoms with van der Waals surface area (Å²) in [7, 11) is 0. The van der Waals surface area contributed by atoms with Crippen LogP contribution in [0.5, 0.6) is 0 Å². The molecule has 1 rings (SSSR count). The second kappa shape index (κ2) is 5.55. The van der Waals surface area contributed by atoms with Crippen LogP contribution in [0.3, 0.4) is 0 Å². The van der Waals surface area contributed by atoms with Gasteiger partial charge in [0.1, 0.15) is 0 Å². The molecule has 1 aliphatic heterocycles. The number of hydrogen-bond acceptors (Lipinski definition) is 2. The molecule has 1 saturated heterocycles. The Morgan fingerprint density at radius 3 is 2.67 bits per heavy atom. The van der Waals surface area contributed by atoms with Gasteiger partial charge in [-0.25, -0.2) is 0 Å². The molecule has 0 saturated carbocycles. The molecule has 0 bridgehead atoms. The predicted octanol–water partition coefficient (Wildman–Crippen LogP) is 1.54. The average Bonchev–Trinajstić information content (AvgIpc) is 2.06. The van der Waals surface area contributed by atoms with E-state index in [1.807, 2.05) is 0 Å². The Labute approximate surface area is 75.4 Å². The van der Waals surface area contributed by atoms with E-state index in [4.69, 9.17) is 0 Å². The molecule has 1 fully saturated rings. The van der Waals surface area contributed by atoms with Gasteiger partial charge in [-0.3, -0.25) is 0 Å². The van der Waals surface area contributed by atoms with Crippen LogP contribution >= 0.6 is 0 Å². The minimum atomic E-state index is -0.0434. The second-order valence-corrected chi connectivity index (χ2v) is 3.87. The maximum Gasteiger partial charge on any atom is 0.0542 e. The molecule has 2 nitrogen and oxygen atoms in total. The first-order valence-electron chi connectivity index (χ1n) is 5.21. The molecule has 72 valence electrons. The van der Waals surface area contributed by atoms with E-state index < -0.39 is 0 Å². The smallest absolute Gasteiger partial charge is 0.0542 e. The molecule has 1 atom stereocenters.